The molecule has 1 saturated carbocycles. The molecule has 0 spiro atoms. The molecule has 1 aliphatic carbocycles. The molecule has 1 aromatic carbocycles. The zero-order chi connectivity index (χ0) is 15.4. The normalized spacial score (nSPS) is 19.9. The Balaban J connectivity index is 1.37. The number of carbonyl (C=O) groups excluding carboxylic acids is 1. The van der Waals surface area contributed by atoms with Gasteiger partial charge in [-0.25, -0.2) is 0 Å². The summed E-state index contributed by atoms with van der Waals surface area (Å²) in [5.41, 5.74) is 0. The van der Waals surface area contributed by atoms with Gasteiger partial charge in [0, 0.05) is 30.1 Å². The second-order valence-corrected chi connectivity index (χ2v) is 7.12. The van der Waals surface area contributed by atoms with E-state index in [0.717, 1.165) is 42.6 Å². The average Bonchev–Trinajstić information content (AvgIpc) is 3.39. The predicted molar refractivity (Wildman–Crippen MR) is 89.5 cm³/mol. The Labute approximate surface area is 136 Å². The fourth-order valence-corrected chi connectivity index (χ4v) is 3.65. The molecule has 3 rings (SSSR count). The van der Waals surface area contributed by atoms with Crippen LogP contribution in [-0.2, 0) is 4.79 Å². The second-order valence-electron chi connectivity index (χ2n) is 6.07. The number of carbonyl (C=O) groups is 1. The van der Waals surface area contributed by atoms with Crippen molar-refractivity contribution in [3.05, 3.63) is 24.3 Å². The summed E-state index contributed by atoms with van der Waals surface area (Å²) in [4.78, 5) is 15.7. The van der Waals surface area contributed by atoms with E-state index >= 15 is 0 Å². The zero-order valence-corrected chi connectivity index (χ0v) is 13.9. The number of rotatable bonds is 6. The molecule has 0 radical (unpaired) electrons. The largest absolute Gasteiger partial charge is 0.497 e. The summed E-state index contributed by atoms with van der Waals surface area (Å²) in [7, 11) is 1.66. The van der Waals surface area contributed by atoms with Gasteiger partial charge in [0.15, 0.2) is 0 Å². The number of piperidine rings is 1. The van der Waals surface area contributed by atoms with E-state index in [2.05, 4.69) is 10.2 Å². The van der Waals surface area contributed by atoms with Crippen molar-refractivity contribution in [3.8, 4) is 5.75 Å². The molecule has 120 valence electrons. The smallest absolute Gasteiger partial charge is 0.230 e. The van der Waals surface area contributed by atoms with Crippen LogP contribution in [-0.4, -0.2) is 48.8 Å². The quantitative estimate of drug-likeness (QED) is 0.818. The van der Waals surface area contributed by atoms with Crippen LogP contribution in [0.3, 0.4) is 0 Å². The molecule has 2 aliphatic rings. The van der Waals surface area contributed by atoms with Crippen molar-refractivity contribution in [3.63, 3.8) is 0 Å². The fraction of sp³-hybridized carbons (Fsp3) is 0.588. The number of ether oxygens (including phenoxy) is 1. The molecule has 1 aliphatic heterocycles. The highest BCUT2D eigenvalue weighted by Gasteiger charge is 2.31. The van der Waals surface area contributed by atoms with Gasteiger partial charge in [-0.3, -0.25) is 4.79 Å². The van der Waals surface area contributed by atoms with E-state index in [9.17, 15) is 4.79 Å². The van der Waals surface area contributed by atoms with Gasteiger partial charge in [0.25, 0.3) is 0 Å². The summed E-state index contributed by atoms with van der Waals surface area (Å²) < 4.78 is 5.13. The van der Waals surface area contributed by atoms with Crippen LogP contribution < -0.4 is 10.1 Å². The SMILES string of the molecule is COc1ccc(SCC(=O)NC2CCN(C3CC3)CC2)cc1. The van der Waals surface area contributed by atoms with Crippen molar-refractivity contribution >= 4 is 17.7 Å². The van der Waals surface area contributed by atoms with E-state index in [0.29, 0.717) is 11.8 Å². The van der Waals surface area contributed by atoms with Crippen LogP contribution in [0.2, 0.25) is 0 Å². The van der Waals surface area contributed by atoms with Gasteiger partial charge in [-0.15, -0.1) is 11.8 Å². The lowest BCUT2D eigenvalue weighted by atomic mass is 10.1. The Morgan fingerprint density at radius 2 is 1.91 bits per heavy atom. The second kappa shape index (κ2) is 7.38. The van der Waals surface area contributed by atoms with Crippen LogP contribution in [0.25, 0.3) is 0 Å². The Bertz CT molecular complexity index is 494. The number of benzene rings is 1. The summed E-state index contributed by atoms with van der Waals surface area (Å²) in [6.45, 7) is 2.28. The van der Waals surface area contributed by atoms with Crippen molar-refractivity contribution in [2.45, 2.75) is 42.7 Å². The molecule has 1 amide bonds. The van der Waals surface area contributed by atoms with Crippen LogP contribution in [0.5, 0.6) is 5.75 Å². The van der Waals surface area contributed by atoms with Crippen molar-refractivity contribution in [2.75, 3.05) is 26.0 Å². The van der Waals surface area contributed by atoms with Crippen molar-refractivity contribution in [1.82, 2.24) is 10.2 Å². The van der Waals surface area contributed by atoms with Gasteiger partial charge in [0.05, 0.1) is 12.9 Å². The lowest BCUT2D eigenvalue weighted by Crippen LogP contribution is -2.45. The third-order valence-corrected chi connectivity index (χ3v) is 5.40. The third-order valence-electron chi connectivity index (χ3n) is 4.39. The molecular weight excluding hydrogens is 296 g/mol. The van der Waals surface area contributed by atoms with Gasteiger partial charge in [-0.2, -0.15) is 0 Å². The molecule has 1 aromatic rings. The minimum atomic E-state index is 0.144. The third kappa shape index (κ3) is 4.40. The van der Waals surface area contributed by atoms with E-state index in [1.165, 1.54) is 12.8 Å². The Morgan fingerprint density at radius 1 is 1.23 bits per heavy atom. The number of thioether (sulfide) groups is 1. The first-order valence-corrected chi connectivity index (χ1v) is 9.03. The molecule has 4 nitrogen and oxygen atoms in total. The molecule has 0 aromatic heterocycles. The summed E-state index contributed by atoms with van der Waals surface area (Å²) in [6, 6.07) is 9.04. The van der Waals surface area contributed by atoms with Crippen LogP contribution in [0.4, 0.5) is 0 Å². The summed E-state index contributed by atoms with van der Waals surface area (Å²) in [5.74, 6) is 1.47. The minimum Gasteiger partial charge on any atom is -0.497 e. The first-order valence-electron chi connectivity index (χ1n) is 8.05. The molecule has 2 fully saturated rings. The number of amides is 1. The van der Waals surface area contributed by atoms with E-state index < -0.39 is 0 Å². The van der Waals surface area contributed by atoms with E-state index in [1.807, 2.05) is 24.3 Å². The summed E-state index contributed by atoms with van der Waals surface area (Å²) >= 11 is 1.57. The molecule has 0 bridgehead atoms. The lowest BCUT2D eigenvalue weighted by Gasteiger charge is -2.32. The number of hydrogen-bond donors (Lipinski definition) is 1. The highest BCUT2D eigenvalue weighted by Crippen LogP contribution is 2.29. The zero-order valence-electron chi connectivity index (χ0n) is 13.1. The molecule has 1 N–H and O–H groups in total. The highest BCUT2D eigenvalue weighted by atomic mass is 32.2. The van der Waals surface area contributed by atoms with Gasteiger partial charge in [0.1, 0.15) is 5.75 Å². The van der Waals surface area contributed by atoms with E-state index in [-0.39, 0.29) is 5.91 Å². The monoisotopic (exact) mass is 320 g/mol. The fourth-order valence-electron chi connectivity index (χ4n) is 2.94. The predicted octanol–water partition coefficient (Wildman–Crippen LogP) is 2.53. The standard InChI is InChI=1S/C17H24N2O2S/c1-21-15-4-6-16(7-5-15)22-12-17(20)18-13-8-10-19(11-9-13)14-2-3-14/h4-7,13-14H,2-3,8-12H2,1H3,(H,18,20). The van der Waals surface area contributed by atoms with Crippen molar-refractivity contribution in [1.29, 1.82) is 0 Å². The number of hydrogen-bond acceptors (Lipinski definition) is 4. The van der Waals surface area contributed by atoms with Gasteiger partial charge in [-0.1, -0.05) is 0 Å². The summed E-state index contributed by atoms with van der Waals surface area (Å²) in [5, 5.41) is 3.18. The van der Waals surface area contributed by atoms with E-state index in [1.54, 1.807) is 18.9 Å². The first-order chi connectivity index (χ1) is 10.7. The Kier molecular flexibility index (Phi) is 5.26. The Hall–Kier alpha value is -1.20. The maximum absolute atomic E-state index is 12.1. The minimum absolute atomic E-state index is 0.144. The van der Waals surface area contributed by atoms with E-state index in [4.69, 9.17) is 4.74 Å². The maximum atomic E-state index is 12.1. The topological polar surface area (TPSA) is 41.6 Å². The van der Waals surface area contributed by atoms with Gasteiger partial charge in [0.2, 0.25) is 5.91 Å². The number of likely N-dealkylation sites (tertiary alicyclic amines) is 1. The van der Waals surface area contributed by atoms with Crippen LogP contribution in [0.15, 0.2) is 29.2 Å². The maximum Gasteiger partial charge on any atom is 0.230 e. The number of nitrogens with one attached hydrogen (secondary N) is 1. The molecule has 22 heavy (non-hydrogen) atoms. The van der Waals surface area contributed by atoms with Crippen LogP contribution in [0.1, 0.15) is 25.7 Å². The highest BCUT2D eigenvalue weighted by molar-refractivity contribution is 8.00. The van der Waals surface area contributed by atoms with Crippen LogP contribution in [0, 0.1) is 0 Å². The molecule has 1 heterocycles. The molecular formula is C17H24N2O2S. The molecule has 0 unspecified atom stereocenters. The van der Waals surface area contributed by atoms with Gasteiger partial charge >= 0.3 is 0 Å². The summed E-state index contributed by atoms with van der Waals surface area (Å²) in [6.07, 6.45) is 4.93. The number of nitrogens with zero attached hydrogens (tertiary/aromatic N) is 1. The van der Waals surface area contributed by atoms with Crippen molar-refractivity contribution in [2.24, 2.45) is 0 Å². The number of methoxy groups -OCH3 is 1. The average molecular weight is 320 g/mol. The van der Waals surface area contributed by atoms with Gasteiger partial charge < -0.3 is 15.0 Å². The van der Waals surface area contributed by atoms with Crippen LogP contribution >= 0.6 is 11.8 Å². The molecule has 1 saturated heterocycles. The van der Waals surface area contributed by atoms with Crippen molar-refractivity contribution < 1.29 is 9.53 Å². The molecule has 5 heteroatoms. The first kappa shape index (κ1) is 15.7. The molecule has 0 atom stereocenters. The Morgan fingerprint density at radius 3 is 2.50 bits per heavy atom. The lowest BCUT2D eigenvalue weighted by molar-refractivity contribution is -0.119. The van der Waals surface area contributed by atoms with Gasteiger partial charge in [-0.05, 0) is 49.9 Å².